The van der Waals surface area contributed by atoms with Gasteiger partial charge in [0.15, 0.2) is 0 Å². The molecule has 2 heteroatoms. The molecule has 0 amide bonds. The molecule has 1 N–H and O–H groups in total. The lowest BCUT2D eigenvalue weighted by Crippen LogP contribution is -2.03. The normalized spacial score (nSPS) is 10.3. The van der Waals surface area contributed by atoms with E-state index in [9.17, 15) is 0 Å². The highest BCUT2D eigenvalue weighted by Gasteiger charge is 2.02. The van der Waals surface area contributed by atoms with Crippen LogP contribution in [-0.2, 0) is 13.0 Å². The monoisotopic (exact) mass is 255 g/mol. The lowest BCUT2D eigenvalue weighted by atomic mass is 10.1. The van der Waals surface area contributed by atoms with Crippen molar-refractivity contribution in [2.75, 3.05) is 12.4 Å². The number of nitrogens with one attached hydrogen (secondary N) is 1. The van der Waals surface area contributed by atoms with E-state index < -0.39 is 0 Å². The van der Waals surface area contributed by atoms with Crippen LogP contribution in [0.3, 0.4) is 0 Å². The smallest absolute Gasteiger partial charge is 0.119 e. The van der Waals surface area contributed by atoms with Crippen molar-refractivity contribution >= 4 is 5.69 Å². The second-order valence-electron chi connectivity index (χ2n) is 4.66. The first-order valence-corrected chi connectivity index (χ1v) is 6.70. The molecular formula is C17H21NO. The third kappa shape index (κ3) is 3.28. The number of ether oxygens (including phenoxy) is 1. The summed E-state index contributed by atoms with van der Waals surface area (Å²) < 4.78 is 5.22. The third-order valence-corrected chi connectivity index (χ3v) is 3.40. The largest absolute Gasteiger partial charge is 0.497 e. The average molecular weight is 255 g/mol. The van der Waals surface area contributed by atoms with Crippen molar-refractivity contribution in [1.82, 2.24) is 0 Å². The summed E-state index contributed by atoms with van der Waals surface area (Å²) in [5.74, 6) is 0.900. The Labute approximate surface area is 115 Å². The number of rotatable bonds is 5. The standard InChI is InChI=1S/C17H21NO/c1-4-14-7-5-6-8-15(14)12-18-17-10-9-16(19-3)11-13(17)2/h5-11,18H,4,12H2,1-3H3. The van der Waals surface area contributed by atoms with Gasteiger partial charge in [0.2, 0.25) is 0 Å². The molecule has 0 saturated carbocycles. The Morgan fingerprint density at radius 3 is 2.42 bits per heavy atom. The van der Waals surface area contributed by atoms with Gasteiger partial charge in [-0.25, -0.2) is 0 Å². The van der Waals surface area contributed by atoms with Crippen molar-refractivity contribution in [2.45, 2.75) is 26.8 Å². The number of methoxy groups -OCH3 is 1. The molecule has 0 aliphatic heterocycles. The van der Waals surface area contributed by atoms with E-state index in [1.165, 1.54) is 16.7 Å². The average Bonchev–Trinajstić information content (AvgIpc) is 2.46. The van der Waals surface area contributed by atoms with Crippen LogP contribution in [0.15, 0.2) is 42.5 Å². The zero-order valence-corrected chi connectivity index (χ0v) is 11.9. The number of benzene rings is 2. The van der Waals surface area contributed by atoms with Crippen molar-refractivity contribution in [3.05, 3.63) is 59.2 Å². The van der Waals surface area contributed by atoms with Crippen molar-refractivity contribution in [2.24, 2.45) is 0 Å². The molecule has 0 bridgehead atoms. The molecule has 2 rings (SSSR count). The fourth-order valence-corrected chi connectivity index (χ4v) is 2.23. The Kier molecular flexibility index (Phi) is 4.45. The van der Waals surface area contributed by atoms with Crippen LogP contribution < -0.4 is 10.1 Å². The molecule has 0 spiro atoms. The van der Waals surface area contributed by atoms with E-state index in [0.29, 0.717) is 0 Å². The zero-order valence-electron chi connectivity index (χ0n) is 11.9. The first-order valence-electron chi connectivity index (χ1n) is 6.70. The van der Waals surface area contributed by atoms with E-state index >= 15 is 0 Å². The lowest BCUT2D eigenvalue weighted by molar-refractivity contribution is 0.414. The Bertz CT molecular complexity index is 549. The Balaban J connectivity index is 2.10. The summed E-state index contributed by atoms with van der Waals surface area (Å²) in [7, 11) is 1.69. The quantitative estimate of drug-likeness (QED) is 0.865. The van der Waals surface area contributed by atoms with Gasteiger partial charge in [0.05, 0.1) is 7.11 Å². The second kappa shape index (κ2) is 6.28. The van der Waals surface area contributed by atoms with Gasteiger partial charge in [0.1, 0.15) is 5.75 Å². The van der Waals surface area contributed by atoms with Gasteiger partial charge in [-0.3, -0.25) is 0 Å². The summed E-state index contributed by atoms with van der Waals surface area (Å²) in [6.07, 6.45) is 1.07. The zero-order chi connectivity index (χ0) is 13.7. The van der Waals surface area contributed by atoms with Gasteiger partial charge in [-0.15, -0.1) is 0 Å². The predicted molar refractivity (Wildman–Crippen MR) is 80.9 cm³/mol. The molecule has 0 heterocycles. The van der Waals surface area contributed by atoms with Crippen LogP contribution in [0.1, 0.15) is 23.6 Å². The lowest BCUT2D eigenvalue weighted by Gasteiger charge is -2.13. The van der Waals surface area contributed by atoms with E-state index in [1.54, 1.807) is 7.11 Å². The number of hydrogen-bond acceptors (Lipinski definition) is 2. The van der Waals surface area contributed by atoms with Crippen molar-refractivity contribution in [1.29, 1.82) is 0 Å². The van der Waals surface area contributed by atoms with Crippen molar-refractivity contribution in [3.63, 3.8) is 0 Å². The van der Waals surface area contributed by atoms with Crippen LogP contribution in [-0.4, -0.2) is 7.11 Å². The Morgan fingerprint density at radius 1 is 1.05 bits per heavy atom. The molecule has 2 aromatic carbocycles. The summed E-state index contributed by atoms with van der Waals surface area (Å²) in [6, 6.07) is 14.7. The molecule has 2 nitrogen and oxygen atoms in total. The minimum absolute atomic E-state index is 0.858. The van der Waals surface area contributed by atoms with E-state index in [1.807, 2.05) is 12.1 Å². The van der Waals surface area contributed by atoms with Crippen molar-refractivity contribution < 1.29 is 4.74 Å². The fraction of sp³-hybridized carbons (Fsp3) is 0.294. The molecule has 0 fully saturated rings. The van der Waals surface area contributed by atoms with Crippen LogP contribution in [0.25, 0.3) is 0 Å². The molecular weight excluding hydrogens is 234 g/mol. The first kappa shape index (κ1) is 13.5. The fourth-order valence-electron chi connectivity index (χ4n) is 2.23. The highest BCUT2D eigenvalue weighted by Crippen LogP contribution is 2.22. The van der Waals surface area contributed by atoms with Gasteiger partial charge in [-0.2, -0.15) is 0 Å². The first-order chi connectivity index (χ1) is 9.24. The highest BCUT2D eigenvalue weighted by molar-refractivity contribution is 5.54. The SMILES string of the molecule is CCc1ccccc1CNc1ccc(OC)cc1C. The topological polar surface area (TPSA) is 21.3 Å². The third-order valence-electron chi connectivity index (χ3n) is 3.40. The highest BCUT2D eigenvalue weighted by atomic mass is 16.5. The van der Waals surface area contributed by atoms with Gasteiger partial charge in [-0.05, 0) is 48.2 Å². The Hall–Kier alpha value is -1.96. The molecule has 0 aliphatic rings. The van der Waals surface area contributed by atoms with Crippen LogP contribution in [0, 0.1) is 6.92 Å². The maximum Gasteiger partial charge on any atom is 0.119 e. The maximum absolute atomic E-state index is 5.22. The molecule has 19 heavy (non-hydrogen) atoms. The van der Waals surface area contributed by atoms with Gasteiger partial charge < -0.3 is 10.1 Å². The molecule has 100 valence electrons. The van der Waals surface area contributed by atoms with Crippen LogP contribution in [0.4, 0.5) is 5.69 Å². The van der Waals surface area contributed by atoms with E-state index in [-0.39, 0.29) is 0 Å². The number of hydrogen-bond donors (Lipinski definition) is 1. The van der Waals surface area contributed by atoms with Gasteiger partial charge in [0.25, 0.3) is 0 Å². The summed E-state index contributed by atoms with van der Waals surface area (Å²) in [6.45, 7) is 5.14. The summed E-state index contributed by atoms with van der Waals surface area (Å²) >= 11 is 0. The number of anilines is 1. The molecule has 0 aromatic heterocycles. The molecule has 2 aromatic rings. The van der Waals surface area contributed by atoms with Gasteiger partial charge in [0, 0.05) is 12.2 Å². The predicted octanol–water partition coefficient (Wildman–Crippen LogP) is 4.18. The van der Waals surface area contributed by atoms with Crippen LogP contribution in [0.5, 0.6) is 5.75 Å². The van der Waals surface area contributed by atoms with Gasteiger partial charge in [-0.1, -0.05) is 31.2 Å². The summed E-state index contributed by atoms with van der Waals surface area (Å²) in [5, 5.41) is 3.50. The van der Waals surface area contributed by atoms with Crippen molar-refractivity contribution in [3.8, 4) is 5.75 Å². The van der Waals surface area contributed by atoms with Crippen LogP contribution in [0.2, 0.25) is 0 Å². The molecule has 0 radical (unpaired) electrons. The minimum Gasteiger partial charge on any atom is -0.497 e. The summed E-state index contributed by atoms with van der Waals surface area (Å²) in [4.78, 5) is 0. The molecule has 0 saturated heterocycles. The molecule has 0 aliphatic carbocycles. The minimum atomic E-state index is 0.858. The number of aryl methyl sites for hydroxylation is 2. The van der Waals surface area contributed by atoms with Gasteiger partial charge >= 0.3 is 0 Å². The van der Waals surface area contributed by atoms with Crippen LogP contribution >= 0.6 is 0 Å². The molecule has 0 atom stereocenters. The Morgan fingerprint density at radius 2 is 1.79 bits per heavy atom. The van der Waals surface area contributed by atoms with E-state index in [2.05, 4.69) is 49.5 Å². The second-order valence-corrected chi connectivity index (χ2v) is 4.66. The molecule has 0 unspecified atom stereocenters. The summed E-state index contributed by atoms with van der Waals surface area (Å²) in [5.41, 5.74) is 5.13. The van der Waals surface area contributed by atoms with E-state index in [0.717, 1.165) is 24.4 Å². The maximum atomic E-state index is 5.22. The van der Waals surface area contributed by atoms with E-state index in [4.69, 9.17) is 4.74 Å².